The Bertz CT molecular complexity index is 1420. The van der Waals surface area contributed by atoms with Crippen LogP contribution in [0.3, 0.4) is 0 Å². The number of carbonyl (C=O) groups excluding carboxylic acids is 1. The van der Waals surface area contributed by atoms with E-state index in [0.29, 0.717) is 17.7 Å². The van der Waals surface area contributed by atoms with E-state index in [2.05, 4.69) is 25.9 Å². The molecule has 0 aliphatic rings. The van der Waals surface area contributed by atoms with Gasteiger partial charge in [-0.2, -0.15) is 4.98 Å². The third-order valence-corrected chi connectivity index (χ3v) is 5.51. The summed E-state index contributed by atoms with van der Waals surface area (Å²) in [5.74, 6) is -0.136. The Kier molecular flexibility index (Phi) is 5.73. The highest BCUT2D eigenvalue weighted by Gasteiger charge is 2.19. The molecule has 0 saturated carbocycles. The molecule has 0 amide bonds. The molecule has 9 nitrogen and oxygen atoms in total. The second-order valence-electron chi connectivity index (χ2n) is 6.98. The molecule has 10 heteroatoms. The van der Waals surface area contributed by atoms with Crippen LogP contribution in [0, 0.1) is 0 Å². The fourth-order valence-corrected chi connectivity index (χ4v) is 3.63. The normalized spacial score (nSPS) is 11.3. The number of fused-ring (bicyclic) bond motifs is 2. The van der Waals surface area contributed by atoms with E-state index in [1.54, 1.807) is 6.07 Å². The summed E-state index contributed by atoms with van der Waals surface area (Å²) < 4.78 is 13.7. The second-order valence-corrected chi connectivity index (χ2v) is 7.84. The summed E-state index contributed by atoms with van der Waals surface area (Å²) in [5, 5.41) is 0. The summed E-state index contributed by atoms with van der Waals surface area (Å²) in [6.07, 6.45) is 1.57. The molecule has 0 bridgehead atoms. The van der Waals surface area contributed by atoms with E-state index >= 15 is 0 Å². The second kappa shape index (κ2) is 8.46. The van der Waals surface area contributed by atoms with Crippen molar-refractivity contribution in [1.29, 1.82) is 0 Å². The summed E-state index contributed by atoms with van der Waals surface area (Å²) in [6.45, 7) is 1.72. The quantitative estimate of drug-likeness (QED) is 0.304. The zero-order valence-electron chi connectivity index (χ0n) is 16.9. The minimum absolute atomic E-state index is 0.0320. The number of hydrogen-bond acceptors (Lipinski definition) is 7. The topological polar surface area (TPSA) is 109 Å². The van der Waals surface area contributed by atoms with Crippen LogP contribution in [-0.4, -0.2) is 31.7 Å². The van der Waals surface area contributed by atoms with Crippen molar-refractivity contribution in [3.63, 3.8) is 0 Å². The number of nitrogens with zero attached hydrogens (tertiary/aromatic N) is 4. The van der Waals surface area contributed by atoms with E-state index in [1.165, 1.54) is 11.6 Å². The van der Waals surface area contributed by atoms with Gasteiger partial charge in [0.05, 0.1) is 6.61 Å². The van der Waals surface area contributed by atoms with Crippen molar-refractivity contribution < 1.29 is 13.9 Å². The van der Waals surface area contributed by atoms with Gasteiger partial charge < -0.3 is 9.15 Å². The van der Waals surface area contributed by atoms with Crippen molar-refractivity contribution in [1.82, 2.24) is 19.1 Å². The maximum absolute atomic E-state index is 12.9. The van der Waals surface area contributed by atoms with Gasteiger partial charge in [0, 0.05) is 23.2 Å². The molecule has 0 radical (unpaired) electrons. The molecule has 160 valence electrons. The lowest BCUT2D eigenvalue weighted by Crippen LogP contribution is -2.41. The third kappa shape index (κ3) is 3.90. The Labute approximate surface area is 184 Å². The molecule has 31 heavy (non-hydrogen) atoms. The van der Waals surface area contributed by atoms with E-state index in [4.69, 9.17) is 9.15 Å². The third-order valence-electron chi connectivity index (χ3n) is 4.82. The summed E-state index contributed by atoms with van der Waals surface area (Å²) in [7, 11) is 1.46. The fourth-order valence-electron chi connectivity index (χ4n) is 3.15. The number of benzene rings is 1. The monoisotopic (exact) mass is 486 g/mol. The number of carbonyl (C=O) groups is 1. The predicted molar refractivity (Wildman–Crippen MR) is 118 cm³/mol. The zero-order valence-corrected chi connectivity index (χ0v) is 18.5. The van der Waals surface area contributed by atoms with E-state index in [0.717, 1.165) is 21.0 Å². The van der Waals surface area contributed by atoms with Crippen LogP contribution in [-0.2, 0) is 23.1 Å². The number of unbranched alkanes of at least 4 members (excludes halogenated alkanes) is 1. The Morgan fingerprint density at radius 2 is 2.00 bits per heavy atom. The van der Waals surface area contributed by atoms with Gasteiger partial charge in [-0.3, -0.25) is 14.2 Å². The zero-order chi connectivity index (χ0) is 22.1. The minimum atomic E-state index is -0.705. The molecule has 1 aromatic carbocycles. The number of aromatic nitrogens is 4. The molecule has 0 atom stereocenters. The number of aryl methyl sites for hydroxylation is 1. The highest BCUT2D eigenvalue weighted by molar-refractivity contribution is 9.10. The van der Waals surface area contributed by atoms with Crippen LogP contribution in [0.1, 0.15) is 19.8 Å². The van der Waals surface area contributed by atoms with E-state index in [-0.39, 0.29) is 23.5 Å². The molecule has 0 unspecified atom stereocenters. The van der Waals surface area contributed by atoms with Gasteiger partial charge in [0.15, 0.2) is 11.2 Å². The van der Waals surface area contributed by atoms with Gasteiger partial charge in [-0.1, -0.05) is 47.5 Å². The molecule has 0 N–H and O–H groups in total. The van der Waals surface area contributed by atoms with Gasteiger partial charge in [0.1, 0.15) is 17.8 Å². The highest BCUT2D eigenvalue weighted by atomic mass is 79.9. The average molecular weight is 487 g/mol. The van der Waals surface area contributed by atoms with Crippen molar-refractivity contribution in [3.05, 3.63) is 55.6 Å². The SMILES string of the molecule is CCCCOC(=O)Cn1c(=O)c2nc3cc(-c4ccccc4Br)oc3nc2n(C)c1=O. The Hall–Kier alpha value is -3.27. The molecule has 3 aromatic heterocycles. The number of esters is 1. The molecular weight excluding hydrogens is 468 g/mol. The summed E-state index contributed by atoms with van der Waals surface area (Å²) >= 11 is 3.48. The molecule has 4 aromatic rings. The van der Waals surface area contributed by atoms with Crippen LogP contribution in [0.2, 0.25) is 0 Å². The first kappa shape index (κ1) is 21.0. The number of ether oxygens (including phenoxy) is 1. The van der Waals surface area contributed by atoms with Crippen molar-refractivity contribution in [2.24, 2.45) is 7.05 Å². The molecule has 0 spiro atoms. The Balaban J connectivity index is 1.82. The smallest absolute Gasteiger partial charge is 0.333 e. The Morgan fingerprint density at radius 3 is 2.74 bits per heavy atom. The number of hydrogen-bond donors (Lipinski definition) is 0. The van der Waals surface area contributed by atoms with Crippen LogP contribution >= 0.6 is 15.9 Å². The first-order valence-electron chi connectivity index (χ1n) is 9.72. The molecular formula is C21H19BrN4O5. The highest BCUT2D eigenvalue weighted by Crippen LogP contribution is 2.31. The maximum atomic E-state index is 12.9. The van der Waals surface area contributed by atoms with E-state index in [1.807, 2.05) is 31.2 Å². The molecule has 0 saturated heterocycles. The Morgan fingerprint density at radius 1 is 1.23 bits per heavy atom. The van der Waals surface area contributed by atoms with Gasteiger partial charge >= 0.3 is 11.7 Å². The van der Waals surface area contributed by atoms with Gasteiger partial charge in [-0.25, -0.2) is 14.3 Å². The van der Waals surface area contributed by atoms with Gasteiger partial charge in [0.25, 0.3) is 5.56 Å². The lowest BCUT2D eigenvalue weighted by atomic mass is 10.2. The molecule has 0 aliphatic heterocycles. The van der Waals surface area contributed by atoms with Crippen LogP contribution in [0.25, 0.3) is 33.7 Å². The largest absolute Gasteiger partial charge is 0.464 e. The summed E-state index contributed by atoms with van der Waals surface area (Å²) in [5.41, 5.74) is 0.0178. The predicted octanol–water partition coefficient (Wildman–Crippen LogP) is 3.01. The summed E-state index contributed by atoms with van der Waals surface area (Å²) in [6, 6.07) is 9.17. The van der Waals surface area contributed by atoms with Crippen molar-refractivity contribution in [2.45, 2.75) is 26.3 Å². The maximum Gasteiger partial charge on any atom is 0.333 e. The number of rotatable bonds is 6. The van der Waals surface area contributed by atoms with Crippen molar-refractivity contribution >= 4 is 44.3 Å². The lowest BCUT2D eigenvalue weighted by Gasteiger charge is -2.09. The number of halogens is 1. The minimum Gasteiger partial charge on any atom is -0.464 e. The van der Waals surface area contributed by atoms with Crippen LogP contribution in [0.4, 0.5) is 0 Å². The van der Waals surface area contributed by atoms with Gasteiger partial charge in [-0.05, 0) is 12.5 Å². The van der Waals surface area contributed by atoms with Crippen LogP contribution in [0.5, 0.6) is 0 Å². The first-order chi connectivity index (χ1) is 14.9. The fraction of sp³-hybridized carbons (Fsp3) is 0.286. The molecule has 3 heterocycles. The van der Waals surface area contributed by atoms with E-state index in [9.17, 15) is 14.4 Å². The molecule has 0 aliphatic carbocycles. The molecule has 0 fully saturated rings. The van der Waals surface area contributed by atoms with Crippen LogP contribution < -0.4 is 11.2 Å². The van der Waals surface area contributed by atoms with Crippen molar-refractivity contribution in [3.8, 4) is 11.3 Å². The lowest BCUT2D eigenvalue weighted by molar-refractivity contribution is -0.144. The van der Waals surface area contributed by atoms with E-state index < -0.39 is 23.8 Å². The summed E-state index contributed by atoms with van der Waals surface area (Å²) in [4.78, 5) is 46.4. The first-order valence-corrected chi connectivity index (χ1v) is 10.5. The number of furan rings is 1. The molecule has 4 rings (SSSR count). The van der Waals surface area contributed by atoms with Crippen molar-refractivity contribution in [2.75, 3.05) is 6.61 Å². The van der Waals surface area contributed by atoms with Gasteiger partial charge in [0.2, 0.25) is 5.71 Å². The van der Waals surface area contributed by atoms with Crippen LogP contribution in [0.15, 0.2) is 48.8 Å². The standard InChI is InChI=1S/C21H19BrN4O5/c1-3-4-9-30-16(27)11-26-20(28)17-18(25(2)21(26)29)24-19-14(23-17)10-15(31-19)12-7-5-6-8-13(12)22/h5-8,10H,3-4,9,11H2,1-2H3. The average Bonchev–Trinajstić information content (AvgIpc) is 3.17. The van der Waals surface area contributed by atoms with Gasteiger partial charge in [-0.15, -0.1) is 0 Å².